The van der Waals surface area contributed by atoms with Gasteiger partial charge in [-0.2, -0.15) is 5.10 Å². The molecule has 1 N–H and O–H groups in total. The lowest BCUT2D eigenvalue weighted by Crippen LogP contribution is -2.19. The quantitative estimate of drug-likeness (QED) is 0.875. The summed E-state index contributed by atoms with van der Waals surface area (Å²) in [7, 11) is 0. The molecule has 0 aliphatic rings. The Labute approximate surface area is 105 Å². The first-order valence-corrected chi connectivity index (χ1v) is 5.78. The molecule has 0 bridgehead atoms. The van der Waals surface area contributed by atoms with Gasteiger partial charge >= 0.3 is 0 Å². The maximum atomic E-state index is 11.6. The Morgan fingerprint density at radius 1 is 1.39 bits per heavy atom. The molecule has 0 unspecified atom stereocenters. The molecular formula is C13H15N3O2. The lowest BCUT2D eigenvalue weighted by atomic mass is 10.3. The van der Waals surface area contributed by atoms with Gasteiger partial charge in [0.1, 0.15) is 0 Å². The molecule has 1 amide bonds. The molecule has 0 radical (unpaired) electrons. The van der Waals surface area contributed by atoms with E-state index in [0.29, 0.717) is 5.75 Å². The summed E-state index contributed by atoms with van der Waals surface area (Å²) in [6, 6.07) is 9.27. The van der Waals surface area contributed by atoms with E-state index in [1.165, 1.54) is 0 Å². The molecule has 0 aliphatic carbocycles. The van der Waals surface area contributed by atoms with Gasteiger partial charge in [0.25, 0.3) is 5.91 Å². The molecular weight excluding hydrogens is 230 g/mol. The molecule has 94 valence electrons. The van der Waals surface area contributed by atoms with Crippen LogP contribution in [0.4, 0.5) is 5.69 Å². The Hall–Kier alpha value is -2.30. The van der Waals surface area contributed by atoms with E-state index in [4.69, 9.17) is 4.74 Å². The molecule has 5 nitrogen and oxygen atoms in total. The number of amides is 1. The Morgan fingerprint density at radius 2 is 2.17 bits per heavy atom. The van der Waals surface area contributed by atoms with Gasteiger partial charge < -0.3 is 10.1 Å². The molecule has 0 spiro atoms. The number of aryl methyl sites for hydroxylation is 1. The zero-order valence-electron chi connectivity index (χ0n) is 10.2. The van der Waals surface area contributed by atoms with E-state index in [0.717, 1.165) is 12.2 Å². The molecule has 0 aliphatic heterocycles. The van der Waals surface area contributed by atoms with Gasteiger partial charge in [0.15, 0.2) is 12.4 Å². The number of benzene rings is 1. The van der Waals surface area contributed by atoms with E-state index in [9.17, 15) is 4.79 Å². The van der Waals surface area contributed by atoms with Gasteiger partial charge in [0.2, 0.25) is 0 Å². The molecule has 0 saturated heterocycles. The Balaban J connectivity index is 1.81. The summed E-state index contributed by atoms with van der Waals surface area (Å²) in [5.74, 6) is 0.408. The molecule has 5 heteroatoms. The van der Waals surface area contributed by atoms with Crippen molar-refractivity contribution >= 4 is 11.6 Å². The summed E-state index contributed by atoms with van der Waals surface area (Å²) in [5.41, 5.74) is 0.760. The Morgan fingerprint density at radius 3 is 2.83 bits per heavy atom. The second-order valence-electron chi connectivity index (χ2n) is 3.73. The highest BCUT2D eigenvalue weighted by Gasteiger charge is 2.04. The van der Waals surface area contributed by atoms with E-state index < -0.39 is 0 Å². The second-order valence-corrected chi connectivity index (χ2v) is 3.73. The molecule has 0 saturated carbocycles. The number of anilines is 1. The number of hydrogen-bond acceptors (Lipinski definition) is 3. The lowest BCUT2D eigenvalue weighted by molar-refractivity contribution is -0.118. The number of nitrogens with one attached hydrogen (secondary N) is 1. The van der Waals surface area contributed by atoms with Gasteiger partial charge in [-0.1, -0.05) is 18.2 Å². The van der Waals surface area contributed by atoms with E-state index in [1.807, 2.05) is 37.3 Å². The third-order valence-corrected chi connectivity index (χ3v) is 2.36. The number of aromatic nitrogens is 2. The molecule has 0 atom stereocenters. The van der Waals surface area contributed by atoms with E-state index in [2.05, 4.69) is 10.4 Å². The number of rotatable bonds is 5. The highest BCUT2D eigenvalue weighted by molar-refractivity contribution is 5.91. The van der Waals surface area contributed by atoms with Crippen molar-refractivity contribution in [3.05, 3.63) is 42.7 Å². The van der Waals surface area contributed by atoms with Gasteiger partial charge in [-0.3, -0.25) is 9.48 Å². The predicted octanol–water partition coefficient (Wildman–Crippen LogP) is 1.92. The summed E-state index contributed by atoms with van der Waals surface area (Å²) in [6.07, 6.45) is 3.36. The minimum Gasteiger partial charge on any atom is -0.480 e. The van der Waals surface area contributed by atoms with Crippen LogP contribution in [0.5, 0.6) is 5.75 Å². The SMILES string of the molecule is CCn1cc(OCC(=O)Nc2ccccc2)cn1. The summed E-state index contributed by atoms with van der Waals surface area (Å²) in [5, 5.41) is 6.80. The van der Waals surface area contributed by atoms with Gasteiger partial charge in [-0.05, 0) is 19.1 Å². The van der Waals surface area contributed by atoms with E-state index in [-0.39, 0.29) is 12.5 Å². The molecule has 18 heavy (non-hydrogen) atoms. The van der Waals surface area contributed by atoms with Crippen LogP contribution in [0, 0.1) is 0 Å². The number of ether oxygens (including phenoxy) is 1. The van der Waals surface area contributed by atoms with Crippen LogP contribution >= 0.6 is 0 Å². The molecule has 2 aromatic rings. The lowest BCUT2D eigenvalue weighted by Gasteiger charge is -2.05. The molecule has 1 heterocycles. The fraction of sp³-hybridized carbons (Fsp3) is 0.231. The molecule has 1 aromatic heterocycles. The first-order chi connectivity index (χ1) is 8.78. The van der Waals surface area contributed by atoms with Crippen molar-refractivity contribution < 1.29 is 9.53 Å². The standard InChI is InChI=1S/C13H15N3O2/c1-2-16-9-12(8-14-16)18-10-13(17)15-11-6-4-3-5-7-11/h3-9H,2,10H2,1H3,(H,15,17). The second kappa shape index (κ2) is 5.86. The molecule has 0 fully saturated rings. The Kier molecular flexibility index (Phi) is 3.96. The van der Waals surface area contributed by atoms with Crippen molar-refractivity contribution in [2.24, 2.45) is 0 Å². The van der Waals surface area contributed by atoms with Crippen LogP contribution in [0.1, 0.15) is 6.92 Å². The first kappa shape index (κ1) is 12.2. The van der Waals surface area contributed by atoms with Crippen molar-refractivity contribution in [2.45, 2.75) is 13.5 Å². The maximum absolute atomic E-state index is 11.6. The van der Waals surface area contributed by atoms with Crippen LogP contribution in [-0.2, 0) is 11.3 Å². The van der Waals surface area contributed by atoms with Gasteiger partial charge in [-0.15, -0.1) is 0 Å². The third kappa shape index (κ3) is 3.35. The van der Waals surface area contributed by atoms with Crippen molar-refractivity contribution in [3.63, 3.8) is 0 Å². The predicted molar refractivity (Wildman–Crippen MR) is 68.5 cm³/mol. The fourth-order valence-electron chi connectivity index (χ4n) is 1.46. The fourth-order valence-corrected chi connectivity index (χ4v) is 1.46. The maximum Gasteiger partial charge on any atom is 0.262 e. The first-order valence-electron chi connectivity index (χ1n) is 5.78. The number of hydrogen-bond donors (Lipinski definition) is 1. The van der Waals surface area contributed by atoms with Gasteiger partial charge in [0, 0.05) is 12.2 Å². The zero-order chi connectivity index (χ0) is 12.8. The van der Waals surface area contributed by atoms with Crippen LogP contribution in [-0.4, -0.2) is 22.3 Å². The van der Waals surface area contributed by atoms with Crippen LogP contribution in [0.15, 0.2) is 42.7 Å². The highest BCUT2D eigenvalue weighted by Crippen LogP contribution is 2.08. The minimum absolute atomic E-state index is 0.0235. The van der Waals surface area contributed by atoms with Crippen LogP contribution in [0.3, 0.4) is 0 Å². The Bertz CT molecular complexity index is 508. The molecule has 2 rings (SSSR count). The highest BCUT2D eigenvalue weighted by atomic mass is 16.5. The summed E-state index contributed by atoms with van der Waals surface area (Å²) < 4.78 is 7.07. The number of para-hydroxylation sites is 1. The van der Waals surface area contributed by atoms with Crippen molar-refractivity contribution in [1.29, 1.82) is 0 Å². The number of carbonyl (C=O) groups excluding carboxylic acids is 1. The van der Waals surface area contributed by atoms with Crippen LogP contribution in [0.2, 0.25) is 0 Å². The normalized spacial score (nSPS) is 10.1. The van der Waals surface area contributed by atoms with Crippen LogP contribution < -0.4 is 10.1 Å². The van der Waals surface area contributed by atoms with E-state index in [1.54, 1.807) is 17.1 Å². The number of nitrogens with zero attached hydrogens (tertiary/aromatic N) is 2. The van der Waals surface area contributed by atoms with Gasteiger partial charge in [-0.25, -0.2) is 0 Å². The van der Waals surface area contributed by atoms with Crippen molar-refractivity contribution in [1.82, 2.24) is 9.78 Å². The smallest absolute Gasteiger partial charge is 0.262 e. The topological polar surface area (TPSA) is 56.1 Å². The van der Waals surface area contributed by atoms with Crippen molar-refractivity contribution in [2.75, 3.05) is 11.9 Å². The largest absolute Gasteiger partial charge is 0.480 e. The van der Waals surface area contributed by atoms with Gasteiger partial charge in [0.05, 0.1) is 12.4 Å². The summed E-state index contributed by atoms with van der Waals surface area (Å²) in [4.78, 5) is 11.6. The monoisotopic (exact) mass is 245 g/mol. The van der Waals surface area contributed by atoms with E-state index >= 15 is 0 Å². The third-order valence-electron chi connectivity index (χ3n) is 2.36. The number of carbonyl (C=O) groups is 1. The summed E-state index contributed by atoms with van der Waals surface area (Å²) in [6.45, 7) is 2.74. The average Bonchev–Trinajstić information content (AvgIpc) is 2.85. The minimum atomic E-state index is -0.189. The molecule has 1 aromatic carbocycles. The summed E-state index contributed by atoms with van der Waals surface area (Å²) >= 11 is 0. The van der Waals surface area contributed by atoms with Crippen molar-refractivity contribution in [3.8, 4) is 5.75 Å². The zero-order valence-corrected chi connectivity index (χ0v) is 10.2. The average molecular weight is 245 g/mol. The van der Waals surface area contributed by atoms with Crippen LogP contribution in [0.25, 0.3) is 0 Å².